The zero-order chi connectivity index (χ0) is 22.0. The first-order valence-electron chi connectivity index (χ1n) is 10.4. The summed E-state index contributed by atoms with van der Waals surface area (Å²) in [5.41, 5.74) is 5.72. The minimum Gasteiger partial charge on any atom is -0.496 e. The lowest BCUT2D eigenvalue weighted by molar-refractivity contribution is -0.143. The highest BCUT2D eigenvalue weighted by Gasteiger charge is 2.25. The number of aromatic nitrogens is 2. The predicted octanol–water partition coefficient (Wildman–Crippen LogP) is 5.31. The number of carbonyl (C=O) groups is 1. The Morgan fingerprint density at radius 2 is 2.06 bits per heavy atom. The highest BCUT2D eigenvalue weighted by Crippen LogP contribution is 2.41. The molecule has 4 aromatic rings. The molecule has 1 atom stereocenters. The second-order valence-corrected chi connectivity index (χ2v) is 7.61. The van der Waals surface area contributed by atoms with Crippen molar-refractivity contribution in [3.05, 3.63) is 65.0 Å². The molecule has 0 aliphatic carbocycles. The zero-order valence-electron chi connectivity index (χ0n) is 17.9. The van der Waals surface area contributed by atoms with Crippen LogP contribution in [0.4, 0.5) is 0 Å². The molecular weight excluding hydrogens is 390 g/mol. The summed E-state index contributed by atoms with van der Waals surface area (Å²) in [7, 11) is 1.67. The Labute approximate surface area is 180 Å². The molecule has 6 heteroatoms. The lowest BCUT2D eigenvalue weighted by Crippen LogP contribution is -2.10. The molecule has 2 aromatic carbocycles. The molecule has 0 aliphatic rings. The molecule has 6 nitrogen and oxygen atoms in total. The monoisotopic (exact) mass is 415 g/mol. The number of methoxy groups -OCH3 is 1. The number of hydrogen-bond donors (Lipinski definition) is 2. The second-order valence-electron chi connectivity index (χ2n) is 7.61. The molecule has 2 heterocycles. The van der Waals surface area contributed by atoms with Gasteiger partial charge in [0.25, 0.3) is 0 Å². The molecule has 0 aliphatic heterocycles. The third kappa shape index (κ3) is 3.87. The molecule has 0 amide bonds. The number of benzene rings is 2. The Morgan fingerprint density at radius 3 is 2.81 bits per heavy atom. The van der Waals surface area contributed by atoms with Crippen LogP contribution in [0.3, 0.4) is 0 Å². The molecule has 2 N–H and O–H groups in total. The molecule has 158 valence electrons. The van der Waals surface area contributed by atoms with Crippen molar-refractivity contribution in [1.82, 2.24) is 9.97 Å². The van der Waals surface area contributed by atoms with E-state index in [-0.39, 0.29) is 11.9 Å². The van der Waals surface area contributed by atoms with Crippen LogP contribution in [0.2, 0.25) is 0 Å². The van der Waals surface area contributed by atoms with Crippen LogP contribution < -0.4 is 4.74 Å². The van der Waals surface area contributed by atoms with Gasteiger partial charge in [-0.05, 0) is 62.2 Å². The number of rotatable bonds is 7. The standard InChI is InChI=1S/C25H25N3O3/c1-4-31-23(29)8-6-18(21-13-17-12-16(14-26)5-7-20(17)28-21)24-19-9-10-27-25(19)15(2)11-22(24)30-3/h5,7,9-13,18,27-28H,4,6,8H2,1-3H3. The maximum atomic E-state index is 12.2. The number of nitrogens with one attached hydrogen (secondary N) is 2. The number of fused-ring (bicyclic) bond motifs is 2. The van der Waals surface area contributed by atoms with E-state index in [2.05, 4.69) is 22.1 Å². The topological polar surface area (TPSA) is 90.9 Å². The zero-order valence-corrected chi connectivity index (χ0v) is 17.9. The van der Waals surface area contributed by atoms with Gasteiger partial charge >= 0.3 is 5.97 Å². The van der Waals surface area contributed by atoms with E-state index in [0.717, 1.165) is 44.4 Å². The van der Waals surface area contributed by atoms with Gasteiger partial charge in [0.05, 0.1) is 25.3 Å². The van der Waals surface area contributed by atoms with Crippen molar-refractivity contribution in [3.8, 4) is 11.8 Å². The first-order valence-corrected chi connectivity index (χ1v) is 10.4. The predicted molar refractivity (Wildman–Crippen MR) is 120 cm³/mol. The number of esters is 1. The summed E-state index contributed by atoms with van der Waals surface area (Å²) in [5, 5.41) is 11.3. The van der Waals surface area contributed by atoms with Gasteiger partial charge in [-0.15, -0.1) is 0 Å². The molecule has 0 saturated heterocycles. The van der Waals surface area contributed by atoms with Crippen molar-refractivity contribution < 1.29 is 14.3 Å². The van der Waals surface area contributed by atoms with E-state index in [1.54, 1.807) is 13.2 Å². The maximum Gasteiger partial charge on any atom is 0.305 e. The maximum absolute atomic E-state index is 12.2. The Hall–Kier alpha value is -3.72. The largest absolute Gasteiger partial charge is 0.496 e. The van der Waals surface area contributed by atoms with Crippen molar-refractivity contribution in [1.29, 1.82) is 5.26 Å². The Morgan fingerprint density at radius 1 is 1.23 bits per heavy atom. The molecule has 0 bridgehead atoms. The fourth-order valence-electron chi connectivity index (χ4n) is 4.29. The van der Waals surface area contributed by atoms with Crippen molar-refractivity contribution >= 4 is 27.8 Å². The number of ether oxygens (including phenoxy) is 2. The van der Waals surface area contributed by atoms with Crippen molar-refractivity contribution in [2.75, 3.05) is 13.7 Å². The van der Waals surface area contributed by atoms with Gasteiger partial charge in [-0.25, -0.2) is 0 Å². The summed E-state index contributed by atoms with van der Waals surface area (Å²) in [4.78, 5) is 19.0. The molecule has 31 heavy (non-hydrogen) atoms. The first-order chi connectivity index (χ1) is 15.0. The molecule has 0 saturated carbocycles. The smallest absolute Gasteiger partial charge is 0.305 e. The van der Waals surface area contributed by atoms with Gasteiger partial charge in [0.2, 0.25) is 0 Å². The molecule has 4 rings (SSSR count). The van der Waals surface area contributed by atoms with Gasteiger partial charge < -0.3 is 19.4 Å². The van der Waals surface area contributed by atoms with E-state index in [4.69, 9.17) is 9.47 Å². The van der Waals surface area contributed by atoms with Crippen LogP contribution in [-0.2, 0) is 9.53 Å². The van der Waals surface area contributed by atoms with Crippen LogP contribution >= 0.6 is 0 Å². The number of aryl methyl sites for hydroxylation is 1. The van der Waals surface area contributed by atoms with E-state index >= 15 is 0 Å². The van der Waals surface area contributed by atoms with Crippen molar-refractivity contribution in [3.63, 3.8) is 0 Å². The number of H-pyrrole nitrogens is 2. The summed E-state index contributed by atoms with van der Waals surface area (Å²) in [5.74, 6) is 0.456. The van der Waals surface area contributed by atoms with Crippen LogP contribution in [0.1, 0.15) is 48.1 Å². The number of carbonyl (C=O) groups excluding carboxylic acids is 1. The highest BCUT2D eigenvalue weighted by atomic mass is 16.5. The third-order valence-corrected chi connectivity index (χ3v) is 5.70. The molecular formula is C25H25N3O3. The average molecular weight is 415 g/mol. The number of hydrogen-bond acceptors (Lipinski definition) is 4. The Kier molecular flexibility index (Phi) is 5.68. The quantitative estimate of drug-likeness (QED) is 0.400. The average Bonchev–Trinajstić information content (AvgIpc) is 3.42. The summed E-state index contributed by atoms with van der Waals surface area (Å²) in [6.45, 7) is 4.22. The number of nitriles is 1. The Bertz CT molecular complexity index is 1290. The van der Waals surface area contributed by atoms with Gasteiger partial charge in [-0.2, -0.15) is 5.26 Å². The summed E-state index contributed by atoms with van der Waals surface area (Å²) >= 11 is 0. The minimum atomic E-state index is -0.216. The van der Waals surface area contributed by atoms with Gasteiger partial charge in [0.1, 0.15) is 5.75 Å². The van der Waals surface area contributed by atoms with Gasteiger partial charge in [-0.3, -0.25) is 4.79 Å². The van der Waals surface area contributed by atoms with Crippen LogP contribution in [0.5, 0.6) is 5.75 Å². The molecule has 1 unspecified atom stereocenters. The molecule has 2 aromatic heterocycles. The van der Waals surface area contributed by atoms with Gasteiger partial charge in [-0.1, -0.05) is 0 Å². The first kappa shape index (κ1) is 20.5. The van der Waals surface area contributed by atoms with E-state index in [1.165, 1.54) is 0 Å². The fourth-order valence-corrected chi connectivity index (χ4v) is 4.29. The van der Waals surface area contributed by atoms with E-state index in [1.807, 2.05) is 44.3 Å². The number of aromatic amines is 2. The second kappa shape index (κ2) is 8.57. The van der Waals surface area contributed by atoms with Gasteiger partial charge in [0.15, 0.2) is 0 Å². The lowest BCUT2D eigenvalue weighted by atomic mass is 9.87. The van der Waals surface area contributed by atoms with Gasteiger partial charge in [0, 0.05) is 51.6 Å². The Balaban J connectivity index is 1.87. The van der Waals surface area contributed by atoms with Crippen LogP contribution in [0, 0.1) is 18.3 Å². The lowest BCUT2D eigenvalue weighted by Gasteiger charge is -2.21. The minimum absolute atomic E-state index is 0.115. The molecule has 0 fully saturated rings. The summed E-state index contributed by atoms with van der Waals surface area (Å²) in [6, 6.07) is 13.9. The highest BCUT2D eigenvalue weighted by molar-refractivity contribution is 5.90. The van der Waals surface area contributed by atoms with E-state index < -0.39 is 0 Å². The van der Waals surface area contributed by atoms with Crippen molar-refractivity contribution in [2.24, 2.45) is 0 Å². The number of nitrogens with zero attached hydrogens (tertiary/aromatic N) is 1. The van der Waals surface area contributed by atoms with E-state index in [0.29, 0.717) is 25.0 Å². The molecule has 0 radical (unpaired) electrons. The van der Waals surface area contributed by atoms with Crippen LogP contribution in [0.15, 0.2) is 42.6 Å². The van der Waals surface area contributed by atoms with Crippen molar-refractivity contribution in [2.45, 2.75) is 32.6 Å². The SMILES string of the molecule is CCOC(=O)CCC(c1cc2cc(C#N)ccc2[nH]1)c1c(OC)cc(C)c2[nH]ccc12. The third-order valence-electron chi connectivity index (χ3n) is 5.70. The summed E-state index contributed by atoms with van der Waals surface area (Å²) in [6.07, 6.45) is 2.78. The van der Waals surface area contributed by atoms with Crippen LogP contribution in [0.25, 0.3) is 21.8 Å². The van der Waals surface area contributed by atoms with E-state index in [9.17, 15) is 10.1 Å². The summed E-state index contributed by atoms with van der Waals surface area (Å²) < 4.78 is 11.0. The molecule has 0 spiro atoms. The fraction of sp³-hybridized carbons (Fsp3) is 0.280. The van der Waals surface area contributed by atoms with Crippen LogP contribution in [-0.4, -0.2) is 29.7 Å². The normalized spacial score (nSPS) is 12.1.